The molecule has 1 amide bonds. The molecule has 1 aromatic heterocycles. The van der Waals surface area contributed by atoms with Gasteiger partial charge in [-0.1, -0.05) is 6.92 Å². The molecule has 1 aliphatic carbocycles. The Bertz CT molecular complexity index is 469. The van der Waals surface area contributed by atoms with Crippen LogP contribution in [0.2, 0.25) is 0 Å². The molecule has 0 unspecified atom stereocenters. The number of hydrogen-bond acceptors (Lipinski definition) is 4. The largest absolute Gasteiger partial charge is 0.480 e. The van der Waals surface area contributed by atoms with Crippen molar-refractivity contribution in [2.45, 2.75) is 44.8 Å². The van der Waals surface area contributed by atoms with E-state index in [1.807, 2.05) is 22.6 Å². The van der Waals surface area contributed by atoms with E-state index in [-0.39, 0.29) is 24.5 Å². The number of aromatic nitrogens is 2. The fraction of sp³-hybridized carbons (Fsp3) is 0.643. The number of carboxylic acid groups (broad SMARTS) is 1. The first-order valence-electron chi connectivity index (χ1n) is 7.29. The van der Waals surface area contributed by atoms with Gasteiger partial charge in [0.15, 0.2) is 0 Å². The van der Waals surface area contributed by atoms with E-state index in [9.17, 15) is 9.59 Å². The molecule has 2 N–H and O–H groups in total. The van der Waals surface area contributed by atoms with Gasteiger partial charge >= 0.3 is 5.97 Å². The van der Waals surface area contributed by atoms with Gasteiger partial charge in [-0.15, -0.1) is 0 Å². The molecule has 7 nitrogen and oxygen atoms in total. The van der Waals surface area contributed by atoms with Crippen LogP contribution in [0.1, 0.15) is 26.2 Å². The molecule has 0 atom stereocenters. The average Bonchev–Trinajstić information content (AvgIpc) is 2.90. The van der Waals surface area contributed by atoms with Gasteiger partial charge in [0.25, 0.3) is 0 Å². The van der Waals surface area contributed by atoms with Crippen LogP contribution >= 0.6 is 0 Å². The molecule has 1 aliphatic rings. The zero-order valence-electron chi connectivity index (χ0n) is 12.2. The highest BCUT2D eigenvalue weighted by Gasteiger charge is 2.34. The summed E-state index contributed by atoms with van der Waals surface area (Å²) in [6.07, 6.45) is 7.31. The summed E-state index contributed by atoms with van der Waals surface area (Å²) >= 11 is 0. The molecule has 0 saturated heterocycles. The molecule has 0 radical (unpaired) electrons. The number of nitrogens with zero attached hydrogens (tertiary/aromatic N) is 3. The van der Waals surface area contributed by atoms with Crippen LogP contribution in [0.25, 0.3) is 0 Å². The number of hydrogen-bond donors (Lipinski definition) is 2. The summed E-state index contributed by atoms with van der Waals surface area (Å²) in [6.45, 7) is 3.38. The van der Waals surface area contributed by atoms with Crippen LogP contribution in [-0.4, -0.2) is 56.6 Å². The second-order valence-electron chi connectivity index (χ2n) is 5.40. The van der Waals surface area contributed by atoms with E-state index in [0.29, 0.717) is 13.0 Å². The highest BCUT2D eigenvalue weighted by atomic mass is 16.4. The van der Waals surface area contributed by atoms with E-state index in [0.717, 1.165) is 19.4 Å². The van der Waals surface area contributed by atoms with Crippen LogP contribution < -0.4 is 5.32 Å². The fourth-order valence-corrected chi connectivity index (χ4v) is 2.63. The molecule has 1 aromatic rings. The van der Waals surface area contributed by atoms with E-state index in [1.54, 1.807) is 12.5 Å². The number of carbonyl (C=O) groups excluding carboxylic acids is 1. The van der Waals surface area contributed by atoms with Crippen molar-refractivity contribution in [3.63, 3.8) is 0 Å². The first-order chi connectivity index (χ1) is 10.1. The normalized spacial score (nSPS) is 21.0. The van der Waals surface area contributed by atoms with Crippen LogP contribution in [0.4, 0.5) is 0 Å². The standard InChI is InChI=1S/C14H22N4O3/c1-2-18(9-14(20)21)12-7-11(8-12)16-13(19)3-5-17-6-4-15-10-17/h4,6,10-12H,2-3,5,7-9H2,1H3,(H,16,19)(H,20,21). The minimum atomic E-state index is -0.801. The number of aliphatic carboxylic acids is 1. The third-order valence-electron chi connectivity index (χ3n) is 3.90. The van der Waals surface area contributed by atoms with Crippen LogP contribution in [-0.2, 0) is 16.1 Å². The van der Waals surface area contributed by atoms with Crippen molar-refractivity contribution in [2.24, 2.45) is 0 Å². The Morgan fingerprint density at radius 2 is 2.24 bits per heavy atom. The molecule has 1 fully saturated rings. The minimum Gasteiger partial charge on any atom is -0.480 e. The van der Waals surface area contributed by atoms with Crippen LogP contribution in [0.3, 0.4) is 0 Å². The fourth-order valence-electron chi connectivity index (χ4n) is 2.63. The topological polar surface area (TPSA) is 87.5 Å². The van der Waals surface area contributed by atoms with Gasteiger partial charge in [-0.25, -0.2) is 4.98 Å². The summed E-state index contributed by atoms with van der Waals surface area (Å²) in [5.74, 6) is -0.766. The molecule has 2 rings (SSSR count). The molecule has 116 valence electrons. The van der Waals surface area contributed by atoms with Crippen molar-refractivity contribution in [1.29, 1.82) is 0 Å². The second-order valence-corrected chi connectivity index (χ2v) is 5.40. The molecule has 0 aliphatic heterocycles. The lowest BCUT2D eigenvalue weighted by molar-refractivity contribution is -0.139. The number of amides is 1. The Morgan fingerprint density at radius 3 is 2.81 bits per heavy atom. The Kier molecular flexibility index (Phi) is 5.32. The van der Waals surface area contributed by atoms with Crippen molar-refractivity contribution < 1.29 is 14.7 Å². The zero-order valence-corrected chi connectivity index (χ0v) is 12.2. The summed E-state index contributed by atoms with van der Waals surface area (Å²) in [5, 5.41) is 11.8. The quantitative estimate of drug-likeness (QED) is 0.721. The third-order valence-corrected chi connectivity index (χ3v) is 3.90. The van der Waals surface area contributed by atoms with Crippen molar-refractivity contribution in [1.82, 2.24) is 19.8 Å². The summed E-state index contributed by atoms with van der Waals surface area (Å²) in [7, 11) is 0. The van der Waals surface area contributed by atoms with Crippen molar-refractivity contribution in [2.75, 3.05) is 13.1 Å². The Hall–Kier alpha value is -1.89. The number of carbonyl (C=O) groups is 2. The Labute approximate surface area is 124 Å². The van der Waals surface area contributed by atoms with Gasteiger partial charge < -0.3 is 15.0 Å². The molecule has 7 heteroatoms. The molecule has 1 heterocycles. The van der Waals surface area contributed by atoms with Gasteiger partial charge in [0.1, 0.15) is 0 Å². The van der Waals surface area contributed by atoms with Crippen molar-refractivity contribution >= 4 is 11.9 Å². The van der Waals surface area contributed by atoms with Gasteiger partial charge in [0.2, 0.25) is 5.91 Å². The molecule has 0 aromatic carbocycles. The maximum atomic E-state index is 11.8. The highest BCUT2D eigenvalue weighted by molar-refractivity contribution is 5.76. The second kappa shape index (κ2) is 7.21. The lowest BCUT2D eigenvalue weighted by atomic mass is 9.85. The number of carboxylic acids is 1. The lowest BCUT2D eigenvalue weighted by Gasteiger charge is -2.42. The van der Waals surface area contributed by atoms with Crippen molar-refractivity contribution in [3.05, 3.63) is 18.7 Å². The molecule has 1 saturated carbocycles. The van der Waals surface area contributed by atoms with Gasteiger partial charge in [0, 0.05) is 37.4 Å². The summed E-state index contributed by atoms with van der Waals surface area (Å²) in [5.41, 5.74) is 0. The molecular formula is C14H22N4O3. The maximum Gasteiger partial charge on any atom is 0.317 e. The number of imidazole rings is 1. The molecule has 21 heavy (non-hydrogen) atoms. The number of aryl methyl sites for hydroxylation is 1. The van der Waals surface area contributed by atoms with E-state index in [2.05, 4.69) is 10.3 Å². The smallest absolute Gasteiger partial charge is 0.317 e. The Morgan fingerprint density at radius 1 is 1.48 bits per heavy atom. The van der Waals surface area contributed by atoms with Crippen LogP contribution in [0, 0.1) is 0 Å². The first kappa shape index (κ1) is 15.5. The minimum absolute atomic E-state index is 0.0356. The van der Waals surface area contributed by atoms with Crippen LogP contribution in [0.15, 0.2) is 18.7 Å². The van der Waals surface area contributed by atoms with Gasteiger partial charge in [-0.2, -0.15) is 0 Å². The van der Waals surface area contributed by atoms with Crippen molar-refractivity contribution in [3.8, 4) is 0 Å². The monoisotopic (exact) mass is 294 g/mol. The zero-order chi connectivity index (χ0) is 15.2. The third kappa shape index (κ3) is 4.56. The molecule has 0 spiro atoms. The van der Waals surface area contributed by atoms with E-state index in [1.165, 1.54) is 0 Å². The number of likely N-dealkylation sites (N-methyl/N-ethyl adjacent to an activating group) is 1. The molecule has 0 bridgehead atoms. The predicted molar refractivity (Wildman–Crippen MR) is 76.7 cm³/mol. The summed E-state index contributed by atoms with van der Waals surface area (Å²) in [6, 6.07) is 0.443. The maximum absolute atomic E-state index is 11.8. The predicted octanol–water partition coefficient (Wildman–Crippen LogP) is 0.327. The van der Waals surface area contributed by atoms with E-state index in [4.69, 9.17) is 5.11 Å². The van der Waals surface area contributed by atoms with E-state index < -0.39 is 5.97 Å². The van der Waals surface area contributed by atoms with Gasteiger partial charge in [0.05, 0.1) is 12.9 Å². The van der Waals surface area contributed by atoms with Gasteiger partial charge in [-0.3, -0.25) is 14.5 Å². The highest BCUT2D eigenvalue weighted by Crippen LogP contribution is 2.25. The number of rotatable bonds is 8. The summed E-state index contributed by atoms with van der Waals surface area (Å²) < 4.78 is 1.87. The molecular weight excluding hydrogens is 272 g/mol. The van der Waals surface area contributed by atoms with Crippen LogP contribution in [0.5, 0.6) is 0 Å². The van der Waals surface area contributed by atoms with Gasteiger partial charge in [-0.05, 0) is 19.4 Å². The lowest BCUT2D eigenvalue weighted by Crippen LogP contribution is -2.54. The number of nitrogens with one attached hydrogen (secondary N) is 1. The summed E-state index contributed by atoms with van der Waals surface area (Å²) in [4.78, 5) is 28.4. The SMILES string of the molecule is CCN(CC(=O)O)C1CC(NC(=O)CCn2ccnc2)C1. The Balaban J connectivity index is 1.65. The average molecular weight is 294 g/mol. The first-order valence-corrected chi connectivity index (χ1v) is 7.29. The van der Waals surface area contributed by atoms with E-state index >= 15 is 0 Å².